The van der Waals surface area contributed by atoms with E-state index in [2.05, 4.69) is 123 Å². The maximum absolute atomic E-state index is 5.23. The molecule has 1 nitrogen and oxygen atoms in total. The van der Waals surface area contributed by atoms with Crippen LogP contribution in [0, 0.1) is 13.8 Å². The van der Waals surface area contributed by atoms with Gasteiger partial charge in [-0.15, -0.1) is 0 Å². The molecule has 0 atom stereocenters. The number of aryl methyl sites for hydroxylation is 2. The summed E-state index contributed by atoms with van der Waals surface area (Å²) in [5.41, 5.74) is 11.9. The molecule has 0 aliphatic heterocycles. The average molecular weight is 426 g/mol. The molecule has 160 valence electrons. The fourth-order valence-electron chi connectivity index (χ4n) is 4.24. The molecule has 0 fully saturated rings. The van der Waals surface area contributed by atoms with Gasteiger partial charge in [0, 0.05) is 17.5 Å². The Morgan fingerprint density at radius 2 is 1.09 bits per heavy atom. The van der Waals surface area contributed by atoms with Crippen molar-refractivity contribution in [2.75, 3.05) is 0 Å². The second kappa shape index (κ2) is 9.26. The molecular weight excluding hydrogens is 398 g/mol. The van der Waals surface area contributed by atoms with E-state index >= 15 is 0 Å². The summed E-state index contributed by atoms with van der Waals surface area (Å²) in [5, 5.41) is 0. The van der Waals surface area contributed by atoms with Gasteiger partial charge in [0.1, 0.15) is 0 Å². The predicted octanol–water partition coefficient (Wildman–Crippen LogP) is 8.29. The van der Waals surface area contributed by atoms with Crippen molar-refractivity contribution in [3.8, 4) is 33.6 Å². The molecule has 0 amide bonds. The summed E-state index contributed by atoms with van der Waals surface area (Å²) in [6.45, 7) is 4.27. The van der Waals surface area contributed by atoms with E-state index in [4.69, 9.17) is 4.98 Å². The molecule has 0 unspecified atom stereocenters. The largest absolute Gasteiger partial charge is 0.247 e. The molecule has 33 heavy (non-hydrogen) atoms. The first-order chi connectivity index (χ1) is 16.2. The van der Waals surface area contributed by atoms with Crippen LogP contribution < -0.4 is 0 Å². The van der Waals surface area contributed by atoms with Crippen molar-refractivity contribution < 1.29 is 0 Å². The van der Waals surface area contributed by atoms with E-state index in [0.717, 1.165) is 28.9 Å². The zero-order valence-electron chi connectivity index (χ0n) is 19.1. The Morgan fingerprint density at radius 3 is 1.70 bits per heavy atom. The van der Waals surface area contributed by atoms with Crippen LogP contribution in [0.4, 0.5) is 0 Å². The second-order valence-corrected chi connectivity index (χ2v) is 8.64. The third-order valence-electron chi connectivity index (χ3n) is 6.11. The SMILES string of the molecule is Cc1ccc(Cc2c(-c3ccc(C)cc3)cc(-c3ccccc3)nc2-c2ccccc2)cc1. The number of pyridine rings is 1. The quantitative estimate of drug-likeness (QED) is 0.276. The van der Waals surface area contributed by atoms with Crippen molar-refractivity contribution in [3.63, 3.8) is 0 Å². The molecule has 0 saturated heterocycles. The van der Waals surface area contributed by atoms with Gasteiger partial charge in [-0.1, -0.05) is 120 Å². The van der Waals surface area contributed by atoms with E-state index in [-0.39, 0.29) is 0 Å². The van der Waals surface area contributed by atoms with Crippen molar-refractivity contribution in [3.05, 3.63) is 138 Å². The van der Waals surface area contributed by atoms with E-state index < -0.39 is 0 Å². The number of benzene rings is 4. The van der Waals surface area contributed by atoms with E-state index in [1.165, 1.54) is 33.4 Å². The fourth-order valence-corrected chi connectivity index (χ4v) is 4.24. The van der Waals surface area contributed by atoms with Crippen molar-refractivity contribution in [2.24, 2.45) is 0 Å². The average Bonchev–Trinajstić information content (AvgIpc) is 2.87. The Balaban J connectivity index is 1.78. The molecule has 5 rings (SSSR count). The first-order valence-electron chi connectivity index (χ1n) is 11.4. The topological polar surface area (TPSA) is 12.9 Å². The minimum absolute atomic E-state index is 0.829. The van der Waals surface area contributed by atoms with E-state index in [0.29, 0.717) is 0 Å². The van der Waals surface area contributed by atoms with Crippen LogP contribution in [0.25, 0.3) is 33.6 Å². The smallest absolute Gasteiger partial charge is 0.0751 e. The van der Waals surface area contributed by atoms with E-state index in [1.807, 2.05) is 6.07 Å². The summed E-state index contributed by atoms with van der Waals surface area (Å²) in [6, 6.07) is 41.0. The number of hydrogen-bond acceptors (Lipinski definition) is 1. The van der Waals surface area contributed by atoms with E-state index in [1.54, 1.807) is 0 Å². The van der Waals surface area contributed by atoms with Gasteiger partial charge in [0.2, 0.25) is 0 Å². The van der Waals surface area contributed by atoms with Crippen molar-refractivity contribution in [1.29, 1.82) is 0 Å². The van der Waals surface area contributed by atoms with Crippen LogP contribution in [0.5, 0.6) is 0 Å². The van der Waals surface area contributed by atoms with Crippen LogP contribution in [0.2, 0.25) is 0 Å². The molecule has 0 radical (unpaired) electrons. The lowest BCUT2D eigenvalue weighted by Gasteiger charge is -2.18. The molecule has 0 N–H and O–H groups in total. The monoisotopic (exact) mass is 425 g/mol. The zero-order valence-corrected chi connectivity index (χ0v) is 19.1. The number of hydrogen-bond donors (Lipinski definition) is 0. The molecule has 4 aromatic carbocycles. The van der Waals surface area contributed by atoms with Crippen molar-refractivity contribution in [2.45, 2.75) is 20.3 Å². The Kier molecular flexibility index (Phi) is 5.87. The second-order valence-electron chi connectivity index (χ2n) is 8.64. The Morgan fingerprint density at radius 1 is 0.545 bits per heavy atom. The standard InChI is InChI=1S/C32H27N/c1-23-13-17-25(18-14-23)21-30-29(26-19-15-24(2)16-20-26)22-31(27-9-5-3-6-10-27)33-32(30)28-11-7-4-8-12-28/h3-20,22H,21H2,1-2H3. The highest BCUT2D eigenvalue weighted by Gasteiger charge is 2.17. The van der Waals surface area contributed by atoms with Gasteiger partial charge in [-0.25, -0.2) is 4.98 Å². The number of nitrogens with zero attached hydrogens (tertiary/aromatic N) is 1. The lowest BCUT2D eigenvalue weighted by molar-refractivity contribution is 1.15. The molecular formula is C32H27N. The summed E-state index contributed by atoms with van der Waals surface area (Å²) in [4.78, 5) is 5.23. The van der Waals surface area contributed by atoms with Crippen LogP contribution in [0.3, 0.4) is 0 Å². The van der Waals surface area contributed by atoms with Gasteiger partial charge in [0.05, 0.1) is 11.4 Å². The normalized spacial score (nSPS) is 10.8. The molecule has 0 bridgehead atoms. The van der Waals surface area contributed by atoms with Crippen molar-refractivity contribution >= 4 is 0 Å². The van der Waals surface area contributed by atoms with Gasteiger partial charge in [0.15, 0.2) is 0 Å². The summed E-state index contributed by atoms with van der Waals surface area (Å²) in [7, 11) is 0. The van der Waals surface area contributed by atoms with Gasteiger partial charge in [-0.3, -0.25) is 0 Å². The molecule has 0 aliphatic rings. The third kappa shape index (κ3) is 4.63. The number of rotatable bonds is 5. The first kappa shape index (κ1) is 20.9. The molecule has 1 heteroatoms. The third-order valence-corrected chi connectivity index (χ3v) is 6.11. The van der Waals surface area contributed by atoms with Gasteiger partial charge >= 0.3 is 0 Å². The lowest BCUT2D eigenvalue weighted by atomic mass is 9.89. The van der Waals surface area contributed by atoms with E-state index in [9.17, 15) is 0 Å². The summed E-state index contributed by atoms with van der Waals surface area (Å²) < 4.78 is 0. The molecule has 1 heterocycles. The zero-order chi connectivity index (χ0) is 22.6. The molecule has 1 aromatic heterocycles. The summed E-state index contributed by atoms with van der Waals surface area (Å²) >= 11 is 0. The van der Waals surface area contributed by atoms with Crippen LogP contribution in [0.1, 0.15) is 22.3 Å². The maximum Gasteiger partial charge on any atom is 0.0751 e. The van der Waals surface area contributed by atoms with Crippen LogP contribution in [-0.2, 0) is 6.42 Å². The van der Waals surface area contributed by atoms with Gasteiger partial charge in [-0.2, -0.15) is 0 Å². The highest BCUT2D eigenvalue weighted by Crippen LogP contribution is 2.36. The highest BCUT2D eigenvalue weighted by molar-refractivity contribution is 5.81. The minimum Gasteiger partial charge on any atom is -0.247 e. The Labute approximate surface area is 196 Å². The first-order valence-corrected chi connectivity index (χ1v) is 11.4. The molecule has 0 aliphatic carbocycles. The van der Waals surface area contributed by atoms with Gasteiger partial charge in [-0.05, 0) is 42.2 Å². The minimum atomic E-state index is 0.829. The molecule has 5 aromatic rings. The lowest BCUT2D eigenvalue weighted by Crippen LogP contribution is -2.01. The van der Waals surface area contributed by atoms with Crippen LogP contribution in [-0.4, -0.2) is 4.98 Å². The van der Waals surface area contributed by atoms with Gasteiger partial charge < -0.3 is 0 Å². The van der Waals surface area contributed by atoms with Crippen LogP contribution in [0.15, 0.2) is 115 Å². The predicted molar refractivity (Wildman–Crippen MR) is 139 cm³/mol. The molecule has 0 saturated carbocycles. The Hall–Kier alpha value is -3.97. The fraction of sp³-hybridized carbons (Fsp3) is 0.0938. The van der Waals surface area contributed by atoms with Gasteiger partial charge in [0.25, 0.3) is 0 Å². The summed E-state index contributed by atoms with van der Waals surface area (Å²) in [5.74, 6) is 0. The Bertz CT molecular complexity index is 1350. The highest BCUT2D eigenvalue weighted by atomic mass is 14.7. The van der Waals surface area contributed by atoms with Crippen LogP contribution >= 0.6 is 0 Å². The molecule has 0 spiro atoms. The van der Waals surface area contributed by atoms with Crippen molar-refractivity contribution in [1.82, 2.24) is 4.98 Å². The maximum atomic E-state index is 5.23. The summed E-state index contributed by atoms with van der Waals surface area (Å²) in [6.07, 6.45) is 0.829. The number of aromatic nitrogens is 1.